The molecule has 0 aliphatic carbocycles. The molecular formula is C13H11ClO3S. The quantitative estimate of drug-likeness (QED) is 0.803. The molecule has 1 heterocycles. The second-order valence-corrected chi connectivity index (χ2v) is 4.79. The summed E-state index contributed by atoms with van der Waals surface area (Å²) in [6.45, 7) is 0. The Morgan fingerprint density at radius 1 is 1.22 bits per heavy atom. The minimum Gasteiger partial charge on any atom is -0.495 e. The van der Waals surface area contributed by atoms with Crippen molar-refractivity contribution in [2.24, 2.45) is 0 Å². The number of benzene rings is 1. The lowest BCUT2D eigenvalue weighted by Crippen LogP contribution is -2.03. The molecule has 0 saturated heterocycles. The lowest BCUT2D eigenvalue weighted by molar-refractivity contribution is 0.103. The number of hydrogen-bond acceptors (Lipinski definition) is 4. The summed E-state index contributed by atoms with van der Waals surface area (Å²) in [6, 6.07) is 6.91. The van der Waals surface area contributed by atoms with E-state index in [0.717, 1.165) is 0 Å². The van der Waals surface area contributed by atoms with E-state index >= 15 is 0 Å². The van der Waals surface area contributed by atoms with Crippen LogP contribution in [0.4, 0.5) is 0 Å². The van der Waals surface area contributed by atoms with Gasteiger partial charge in [-0.15, -0.1) is 11.3 Å². The largest absolute Gasteiger partial charge is 0.495 e. The highest BCUT2D eigenvalue weighted by atomic mass is 35.5. The Morgan fingerprint density at radius 3 is 2.56 bits per heavy atom. The summed E-state index contributed by atoms with van der Waals surface area (Å²) in [5.74, 6) is 0.720. The zero-order valence-electron chi connectivity index (χ0n) is 9.90. The van der Waals surface area contributed by atoms with Crippen LogP contribution in [0.5, 0.6) is 11.5 Å². The number of carbonyl (C=O) groups is 1. The average molecular weight is 283 g/mol. The number of halogens is 1. The second kappa shape index (κ2) is 5.42. The fourth-order valence-electron chi connectivity index (χ4n) is 1.61. The SMILES string of the molecule is COc1ccc(C(=O)c2cccs2)c(OC)c1Cl. The van der Waals surface area contributed by atoms with E-state index in [1.54, 1.807) is 18.2 Å². The molecule has 0 bridgehead atoms. The van der Waals surface area contributed by atoms with Gasteiger partial charge < -0.3 is 9.47 Å². The van der Waals surface area contributed by atoms with Gasteiger partial charge in [0.15, 0.2) is 5.75 Å². The smallest absolute Gasteiger partial charge is 0.206 e. The Bertz CT molecular complexity index is 564. The second-order valence-electron chi connectivity index (χ2n) is 3.47. The third-order valence-corrected chi connectivity index (χ3v) is 3.70. The summed E-state index contributed by atoms with van der Waals surface area (Å²) in [6.07, 6.45) is 0. The van der Waals surface area contributed by atoms with Crippen LogP contribution in [0.3, 0.4) is 0 Å². The molecule has 0 unspecified atom stereocenters. The number of rotatable bonds is 4. The molecule has 18 heavy (non-hydrogen) atoms. The van der Waals surface area contributed by atoms with Gasteiger partial charge in [0.25, 0.3) is 0 Å². The monoisotopic (exact) mass is 282 g/mol. The molecule has 1 aromatic heterocycles. The van der Waals surface area contributed by atoms with Crippen LogP contribution < -0.4 is 9.47 Å². The maximum Gasteiger partial charge on any atom is 0.206 e. The molecule has 0 atom stereocenters. The van der Waals surface area contributed by atoms with Gasteiger partial charge in [0.2, 0.25) is 5.78 Å². The van der Waals surface area contributed by atoms with Crippen LogP contribution in [0.25, 0.3) is 0 Å². The molecule has 0 N–H and O–H groups in total. The predicted molar refractivity (Wildman–Crippen MR) is 72.3 cm³/mol. The van der Waals surface area contributed by atoms with Gasteiger partial charge in [-0.1, -0.05) is 17.7 Å². The minimum atomic E-state index is -0.105. The minimum absolute atomic E-state index is 0.105. The van der Waals surface area contributed by atoms with Crippen molar-refractivity contribution < 1.29 is 14.3 Å². The van der Waals surface area contributed by atoms with Crippen LogP contribution in [0.2, 0.25) is 5.02 Å². The van der Waals surface area contributed by atoms with Crippen molar-refractivity contribution in [2.75, 3.05) is 14.2 Å². The maximum absolute atomic E-state index is 12.3. The Hall–Kier alpha value is -1.52. The molecule has 2 aromatic rings. The van der Waals surface area contributed by atoms with Crippen LogP contribution in [0.1, 0.15) is 15.2 Å². The van der Waals surface area contributed by atoms with Crippen molar-refractivity contribution in [2.45, 2.75) is 0 Å². The molecule has 1 aromatic carbocycles. The molecule has 3 nitrogen and oxygen atoms in total. The van der Waals surface area contributed by atoms with Crippen molar-refractivity contribution in [3.8, 4) is 11.5 Å². The predicted octanol–water partition coefficient (Wildman–Crippen LogP) is 3.65. The van der Waals surface area contributed by atoms with Gasteiger partial charge >= 0.3 is 0 Å². The first-order chi connectivity index (χ1) is 8.69. The van der Waals surface area contributed by atoms with Crippen LogP contribution in [-0.2, 0) is 0 Å². The summed E-state index contributed by atoms with van der Waals surface area (Å²) < 4.78 is 10.3. The fraction of sp³-hybridized carbons (Fsp3) is 0.154. The normalized spacial score (nSPS) is 10.2. The van der Waals surface area contributed by atoms with Crippen molar-refractivity contribution in [1.29, 1.82) is 0 Å². The van der Waals surface area contributed by atoms with Gasteiger partial charge in [-0.25, -0.2) is 0 Å². The first-order valence-corrected chi connectivity index (χ1v) is 6.43. The third kappa shape index (κ3) is 2.21. The summed E-state index contributed by atoms with van der Waals surface area (Å²) in [7, 11) is 2.99. The molecular weight excluding hydrogens is 272 g/mol. The summed E-state index contributed by atoms with van der Waals surface area (Å²) in [5, 5.41) is 2.16. The van der Waals surface area contributed by atoms with Gasteiger partial charge in [0.05, 0.1) is 24.7 Å². The van der Waals surface area contributed by atoms with E-state index in [9.17, 15) is 4.79 Å². The first-order valence-electron chi connectivity index (χ1n) is 5.17. The topological polar surface area (TPSA) is 35.5 Å². The standard InChI is InChI=1S/C13H11ClO3S/c1-16-9-6-5-8(13(17-2)11(9)14)12(15)10-4-3-7-18-10/h3-7H,1-2H3. The Kier molecular flexibility index (Phi) is 3.89. The summed E-state index contributed by atoms with van der Waals surface area (Å²) in [4.78, 5) is 12.9. The molecule has 0 aliphatic heterocycles. The first kappa shape index (κ1) is 12.9. The van der Waals surface area contributed by atoms with Gasteiger partial charge in [-0.3, -0.25) is 4.79 Å². The van der Waals surface area contributed by atoms with E-state index < -0.39 is 0 Å². The van der Waals surface area contributed by atoms with Crippen molar-refractivity contribution >= 4 is 28.7 Å². The zero-order chi connectivity index (χ0) is 13.1. The van der Waals surface area contributed by atoms with Crippen LogP contribution >= 0.6 is 22.9 Å². The Morgan fingerprint density at radius 2 is 2.00 bits per heavy atom. The van der Waals surface area contributed by atoms with E-state index in [2.05, 4.69) is 0 Å². The number of ketones is 1. The lowest BCUT2D eigenvalue weighted by Gasteiger charge is -2.11. The van der Waals surface area contributed by atoms with Crippen LogP contribution in [-0.4, -0.2) is 20.0 Å². The maximum atomic E-state index is 12.3. The van der Waals surface area contributed by atoms with Crippen molar-refractivity contribution in [1.82, 2.24) is 0 Å². The highest BCUT2D eigenvalue weighted by Gasteiger charge is 2.20. The fourth-order valence-corrected chi connectivity index (χ4v) is 2.61. The van der Waals surface area contributed by atoms with Crippen molar-refractivity contribution in [3.63, 3.8) is 0 Å². The number of thiophene rings is 1. The highest BCUT2D eigenvalue weighted by Crippen LogP contribution is 2.38. The van der Waals surface area contributed by atoms with Crippen LogP contribution in [0, 0.1) is 0 Å². The number of ether oxygens (including phenoxy) is 2. The molecule has 0 spiro atoms. The summed E-state index contributed by atoms with van der Waals surface area (Å²) in [5.41, 5.74) is 0.436. The van der Waals surface area contributed by atoms with Gasteiger partial charge in [0, 0.05) is 0 Å². The van der Waals surface area contributed by atoms with E-state index in [-0.39, 0.29) is 5.78 Å². The molecule has 94 valence electrons. The Balaban J connectivity index is 2.52. The van der Waals surface area contributed by atoms with E-state index in [4.69, 9.17) is 21.1 Å². The molecule has 2 rings (SSSR count). The van der Waals surface area contributed by atoms with E-state index in [1.165, 1.54) is 25.6 Å². The van der Waals surface area contributed by atoms with Gasteiger partial charge in [-0.2, -0.15) is 0 Å². The number of methoxy groups -OCH3 is 2. The highest BCUT2D eigenvalue weighted by molar-refractivity contribution is 7.12. The molecule has 0 amide bonds. The van der Waals surface area contributed by atoms with Crippen LogP contribution in [0.15, 0.2) is 29.6 Å². The van der Waals surface area contributed by atoms with Crippen molar-refractivity contribution in [3.05, 3.63) is 45.1 Å². The van der Waals surface area contributed by atoms with E-state index in [1.807, 2.05) is 11.4 Å². The average Bonchev–Trinajstić information content (AvgIpc) is 2.91. The summed E-state index contributed by atoms with van der Waals surface area (Å²) >= 11 is 7.50. The molecule has 0 radical (unpaired) electrons. The number of carbonyl (C=O) groups excluding carboxylic acids is 1. The van der Waals surface area contributed by atoms with E-state index in [0.29, 0.717) is 27.0 Å². The molecule has 0 fully saturated rings. The zero-order valence-corrected chi connectivity index (χ0v) is 11.5. The number of hydrogen-bond donors (Lipinski definition) is 0. The van der Waals surface area contributed by atoms with Gasteiger partial charge in [-0.05, 0) is 23.6 Å². The lowest BCUT2D eigenvalue weighted by atomic mass is 10.1. The molecule has 0 aliphatic rings. The molecule has 5 heteroatoms. The van der Waals surface area contributed by atoms with Gasteiger partial charge in [0.1, 0.15) is 10.8 Å². The molecule has 0 saturated carbocycles. The third-order valence-electron chi connectivity index (χ3n) is 2.48. The Labute approximate surface area is 114 Å².